The number of carbonyl (C=O) groups is 1. The normalized spacial score (nSPS) is 24.9. The van der Waals surface area contributed by atoms with Crippen LogP contribution in [0, 0.1) is 0 Å². The number of nitrogens with zero attached hydrogens (tertiary/aromatic N) is 1. The van der Waals surface area contributed by atoms with Gasteiger partial charge >= 0.3 is 0 Å². The second kappa shape index (κ2) is 5.48. The Hall–Kier alpha value is -1.75. The maximum atomic E-state index is 13.1. The molecule has 102 valence electrons. The Bertz CT molecular complexity index is 476. The highest BCUT2D eigenvalue weighted by Crippen LogP contribution is 2.29. The van der Waals surface area contributed by atoms with Crippen molar-refractivity contribution in [3.05, 3.63) is 48.2 Å². The number of hydrogen-bond donors (Lipinski definition) is 1. The third kappa shape index (κ3) is 2.66. The van der Waals surface area contributed by atoms with Crippen LogP contribution in [-0.4, -0.2) is 34.4 Å². The van der Waals surface area contributed by atoms with E-state index in [1.165, 1.54) is 11.1 Å². The van der Waals surface area contributed by atoms with Gasteiger partial charge in [-0.1, -0.05) is 30.3 Å². The van der Waals surface area contributed by atoms with Gasteiger partial charge in [-0.2, -0.15) is 0 Å². The zero-order chi connectivity index (χ0) is 14.0. The van der Waals surface area contributed by atoms with Crippen LogP contribution in [0.5, 0.6) is 0 Å². The van der Waals surface area contributed by atoms with Crippen LogP contribution in [0.2, 0.25) is 0 Å². The predicted octanol–water partition coefficient (Wildman–Crippen LogP) is 2.14. The number of ketones is 1. The number of halogens is 2. The zero-order valence-electron chi connectivity index (χ0n) is 10.4. The third-order valence-electron chi connectivity index (χ3n) is 3.36. The molecule has 0 aliphatic carbocycles. The van der Waals surface area contributed by atoms with Crippen molar-refractivity contribution in [2.75, 3.05) is 0 Å². The summed E-state index contributed by atoms with van der Waals surface area (Å²) in [5.41, 5.74) is 0.847. The molecule has 0 amide bonds. The van der Waals surface area contributed by atoms with Crippen molar-refractivity contribution in [2.45, 2.75) is 31.5 Å². The minimum absolute atomic E-state index is 0.348. The Labute approximate surface area is 110 Å². The quantitative estimate of drug-likeness (QED) is 0.912. The Morgan fingerprint density at radius 3 is 2.47 bits per heavy atom. The molecule has 5 heteroatoms. The molecule has 19 heavy (non-hydrogen) atoms. The lowest BCUT2D eigenvalue weighted by molar-refractivity contribution is -0.132. The van der Waals surface area contributed by atoms with Gasteiger partial charge in [0.05, 0.1) is 6.04 Å². The maximum Gasteiger partial charge on any atom is 0.261 e. The second-order valence-corrected chi connectivity index (χ2v) is 4.52. The van der Waals surface area contributed by atoms with Crippen molar-refractivity contribution in [1.82, 2.24) is 4.90 Å². The largest absolute Gasteiger partial charge is 0.383 e. The Kier molecular flexibility index (Phi) is 3.95. The lowest BCUT2D eigenvalue weighted by Gasteiger charge is -2.39. The SMILES string of the molecule is C[C@H](c1ccccc1)N1C=CC(=O)[C@@H](O)[C@H]1C(F)F. The molecule has 3 atom stereocenters. The van der Waals surface area contributed by atoms with Gasteiger partial charge in [-0.3, -0.25) is 4.79 Å². The molecule has 0 radical (unpaired) electrons. The highest BCUT2D eigenvalue weighted by Gasteiger charge is 2.40. The number of benzene rings is 1. The number of rotatable bonds is 3. The first-order chi connectivity index (χ1) is 9.02. The summed E-state index contributed by atoms with van der Waals surface area (Å²) in [5, 5.41) is 9.65. The Balaban J connectivity index is 2.31. The molecule has 0 aromatic heterocycles. The summed E-state index contributed by atoms with van der Waals surface area (Å²) in [6.45, 7) is 1.76. The van der Waals surface area contributed by atoms with Gasteiger partial charge < -0.3 is 10.0 Å². The van der Waals surface area contributed by atoms with E-state index in [2.05, 4.69) is 0 Å². The van der Waals surface area contributed by atoms with E-state index >= 15 is 0 Å². The topological polar surface area (TPSA) is 40.5 Å². The van der Waals surface area contributed by atoms with Gasteiger partial charge in [0, 0.05) is 6.20 Å². The number of hydrogen-bond acceptors (Lipinski definition) is 3. The van der Waals surface area contributed by atoms with Crippen molar-refractivity contribution in [3.8, 4) is 0 Å². The average molecular weight is 267 g/mol. The van der Waals surface area contributed by atoms with Crippen LogP contribution in [0.3, 0.4) is 0 Å². The zero-order valence-corrected chi connectivity index (χ0v) is 10.4. The summed E-state index contributed by atoms with van der Waals surface area (Å²) in [4.78, 5) is 12.7. The summed E-state index contributed by atoms with van der Waals surface area (Å²) in [6.07, 6.45) is -2.00. The lowest BCUT2D eigenvalue weighted by atomic mass is 9.97. The minimum Gasteiger partial charge on any atom is -0.383 e. The summed E-state index contributed by atoms with van der Waals surface area (Å²) < 4.78 is 26.2. The van der Waals surface area contributed by atoms with E-state index in [1.54, 1.807) is 6.92 Å². The molecule has 0 saturated heterocycles. The molecule has 3 nitrogen and oxygen atoms in total. The molecule has 1 aromatic rings. The van der Waals surface area contributed by atoms with Crippen LogP contribution in [0.1, 0.15) is 18.5 Å². The van der Waals surface area contributed by atoms with E-state index in [1.807, 2.05) is 30.3 Å². The second-order valence-electron chi connectivity index (χ2n) is 4.52. The molecular formula is C14H15F2NO2. The summed E-state index contributed by atoms with van der Waals surface area (Å²) in [7, 11) is 0. The molecule has 0 unspecified atom stereocenters. The first-order valence-corrected chi connectivity index (χ1v) is 6.03. The molecule has 1 heterocycles. The molecule has 1 aliphatic rings. The van der Waals surface area contributed by atoms with Crippen molar-refractivity contribution in [3.63, 3.8) is 0 Å². The van der Waals surface area contributed by atoms with E-state index < -0.39 is 24.4 Å². The number of aliphatic hydroxyl groups excluding tert-OH is 1. The fourth-order valence-electron chi connectivity index (χ4n) is 2.25. The fraction of sp³-hybridized carbons (Fsp3) is 0.357. The highest BCUT2D eigenvalue weighted by atomic mass is 19.3. The number of aliphatic hydroxyl groups is 1. The van der Waals surface area contributed by atoms with E-state index in [0.29, 0.717) is 0 Å². The fourth-order valence-corrected chi connectivity index (χ4v) is 2.25. The number of carbonyl (C=O) groups excluding carboxylic acids is 1. The standard InChI is InChI=1S/C14H15F2NO2/c1-9(10-5-3-2-4-6-10)17-8-7-11(18)13(19)12(17)14(15)16/h2-9,12-14,19H,1H3/t9-,12+,13-/m1/s1. The Morgan fingerprint density at radius 2 is 1.89 bits per heavy atom. The monoisotopic (exact) mass is 267 g/mol. The molecule has 0 saturated carbocycles. The van der Waals surface area contributed by atoms with Gasteiger partial charge in [-0.25, -0.2) is 8.78 Å². The molecule has 1 N–H and O–H groups in total. The van der Waals surface area contributed by atoms with Crippen molar-refractivity contribution in [1.29, 1.82) is 0 Å². The lowest BCUT2D eigenvalue weighted by Crippen LogP contribution is -2.52. The highest BCUT2D eigenvalue weighted by molar-refractivity contribution is 5.94. The van der Waals surface area contributed by atoms with Crippen molar-refractivity contribution < 1.29 is 18.7 Å². The molecule has 1 aromatic carbocycles. The first kappa shape index (κ1) is 13.7. The summed E-state index contributed by atoms with van der Waals surface area (Å²) in [6, 6.07) is 7.27. The molecule has 0 bridgehead atoms. The van der Waals surface area contributed by atoms with Crippen LogP contribution in [0.25, 0.3) is 0 Å². The summed E-state index contributed by atoms with van der Waals surface area (Å²) in [5.74, 6) is -0.679. The van der Waals surface area contributed by atoms with Gasteiger partial charge in [0.25, 0.3) is 6.43 Å². The van der Waals surface area contributed by atoms with Crippen LogP contribution in [0.4, 0.5) is 8.78 Å². The van der Waals surface area contributed by atoms with E-state index in [-0.39, 0.29) is 6.04 Å². The predicted molar refractivity (Wildman–Crippen MR) is 66.6 cm³/mol. The minimum atomic E-state index is -2.80. The van der Waals surface area contributed by atoms with Gasteiger partial charge in [0.15, 0.2) is 5.78 Å². The van der Waals surface area contributed by atoms with Crippen molar-refractivity contribution in [2.24, 2.45) is 0 Å². The van der Waals surface area contributed by atoms with Crippen LogP contribution >= 0.6 is 0 Å². The molecule has 2 rings (SSSR count). The molecule has 0 fully saturated rings. The van der Waals surface area contributed by atoms with Crippen molar-refractivity contribution >= 4 is 5.78 Å². The molecule has 1 aliphatic heterocycles. The third-order valence-corrected chi connectivity index (χ3v) is 3.36. The molecular weight excluding hydrogens is 252 g/mol. The van der Waals surface area contributed by atoms with Gasteiger partial charge in [0.1, 0.15) is 12.1 Å². The van der Waals surface area contributed by atoms with E-state index in [0.717, 1.165) is 11.6 Å². The van der Waals surface area contributed by atoms with Gasteiger partial charge in [-0.15, -0.1) is 0 Å². The van der Waals surface area contributed by atoms with Crippen LogP contribution in [-0.2, 0) is 4.79 Å². The average Bonchev–Trinajstić information content (AvgIpc) is 2.41. The summed E-state index contributed by atoms with van der Waals surface area (Å²) >= 11 is 0. The van der Waals surface area contributed by atoms with Gasteiger partial charge in [-0.05, 0) is 18.6 Å². The van der Waals surface area contributed by atoms with Crippen LogP contribution < -0.4 is 0 Å². The van der Waals surface area contributed by atoms with Crippen LogP contribution in [0.15, 0.2) is 42.6 Å². The van der Waals surface area contributed by atoms with Gasteiger partial charge in [0.2, 0.25) is 0 Å². The number of alkyl halides is 2. The first-order valence-electron chi connectivity index (χ1n) is 6.03. The smallest absolute Gasteiger partial charge is 0.261 e. The Morgan fingerprint density at radius 1 is 1.26 bits per heavy atom. The maximum absolute atomic E-state index is 13.1. The van der Waals surface area contributed by atoms with E-state index in [9.17, 15) is 18.7 Å². The molecule has 0 spiro atoms. The van der Waals surface area contributed by atoms with E-state index in [4.69, 9.17) is 0 Å².